The third-order valence-electron chi connectivity index (χ3n) is 4.33. The van der Waals surface area contributed by atoms with Crippen molar-refractivity contribution in [1.82, 2.24) is 14.3 Å². The van der Waals surface area contributed by atoms with E-state index >= 15 is 0 Å². The van der Waals surface area contributed by atoms with Crippen LogP contribution >= 0.6 is 11.3 Å². The van der Waals surface area contributed by atoms with Crippen LogP contribution in [-0.2, 0) is 13.7 Å². The van der Waals surface area contributed by atoms with Crippen molar-refractivity contribution in [3.63, 3.8) is 0 Å². The molecule has 0 radical (unpaired) electrons. The number of halogens is 1. The summed E-state index contributed by atoms with van der Waals surface area (Å²) in [5, 5.41) is 4.20. The van der Waals surface area contributed by atoms with Gasteiger partial charge in [0.15, 0.2) is 4.80 Å². The molecule has 3 aromatic rings. The van der Waals surface area contributed by atoms with Crippen molar-refractivity contribution in [2.24, 2.45) is 12.0 Å². The maximum absolute atomic E-state index is 13.1. The molecular weight excluding hydrogens is 341 g/mol. The first-order valence-electron chi connectivity index (χ1n) is 7.78. The molecule has 0 bridgehead atoms. The van der Waals surface area contributed by atoms with E-state index in [4.69, 9.17) is 0 Å². The lowest BCUT2D eigenvalue weighted by molar-refractivity contribution is 0.568. The van der Waals surface area contributed by atoms with Crippen molar-refractivity contribution in [3.8, 4) is 0 Å². The Morgan fingerprint density at radius 2 is 2.04 bits per heavy atom. The molecule has 25 heavy (non-hydrogen) atoms. The van der Waals surface area contributed by atoms with E-state index in [2.05, 4.69) is 10.1 Å². The third kappa shape index (κ3) is 2.78. The van der Waals surface area contributed by atoms with E-state index in [9.17, 15) is 9.18 Å². The van der Waals surface area contributed by atoms with Gasteiger partial charge in [-0.25, -0.2) is 9.38 Å². The number of aromatic nitrogens is 3. The predicted molar refractivity (Wildman–Crippen MR) is 94.6 cm³/mol. The average molecular weight is 357 g/mol. The van der Waals surface area contributed by atoms with Crippen LogP contribution in [-0.4, -0.2) is 21.0 Å². The summed E-state index contributed by atoms with van der Waals surface area (Å²) in [6.07, 6.45) is 3.61. The van der Waals surface area contributed by atoms with E-state index in [1.165, 1.54) is 23.5 Å². The van der Waals surface area contributed by atoms with Gasteiger partial charge in [0.25, 0.3) is 5.56 Å². The molecule has 2 aromatic heterocycles. The highest BCUT2D eigenvalue weighted by Gasteiger charge is 2.16. The number of anilines is 1. The second-order valence-electron chi connectivity index (χ2n) is 5.89. The van der Waals surface area contributed by atoms with Crippen molar-refractivity contribution in [2.45, 2.75) is 13.6 Å². The Labute approximate surface area is 146 Å². The fourth-order valence-corrected chi connectivity index (χ4v) is 3.68. The average Bonchev–Trinajstić information content (AvgIpc) is 3.10. The summed E-state index contributed by atoms with van der Waals surface area (Å²) in [4.78, 5) is 19.9. The lowest BCUT2D eigenvalue weighted by Crippen LogP contribution is -2.42. The molecule has 0 fully saturated rings. The van der Waals surface area contributed by atoms with Gasteiger partial charge in [-0.15, -0.1) is 0 Å². The molecule has 1 aliphatic rings. The van der Waals surface area contributed by atoms with Gasteiger partial charge in [0.2, 0.25) is 0 Å². The van der Waals surface area contributed by atoms with E-state index < -0.39 is 0 Å². The highest BCUT2D eigenvalue weighted by molar-refractivity contribution is 7.07. The van der Waals surface area contributed by atoms with Crippen molar-refractivity contribution >= 4 is 23.1 Å². The van der Waals surface area contributed by atoms with Gasteiger partial charge in [0.1, 0.15) is 19.2 Å². The van der Waals surface area contributed by atoms with Crippen molar-refractivity contribution in [1.29, 1.82) is 0 Å². The number of hydrogen-bond acceptors (Lipinski definition) is 5. The minimum Gasteiger partial charge on any atom is -0.334 e. The second-order valence-corrected chi connectivity index (χ2v) is 6.90. The fourth-order valence-electron chi connectivity index (χ4n) is 2.73. The molecule has 8 heteroatoms. The van der Waals surface area contributed by atoms with Gasteiger partial charge in [-0.2, -0.15) is 5.10 Å². The van der Waals surface area contributed by atoms with Crippen molar-refractivity contribution in [3.05, 3.63) is 67.2 Å². The van der Waals surface area contributed by atoms with Crippen LogP contribution in [0, 0.1) is 12.7 Å². The molecular formula is C17H16FN5OS. The van der Waals surface area contributed by atoms with E-state index in [-0.39, 0.29) is 11.4 Å². The standard InChI is InChI=1S/C17H16FN5OS/c1-11-12(8-20-21(11)2)7-15-16(24)23-10-22(9-19-17(23)25-15)14-5-3-13(18)4-6-14/h3-8H,9-10H2,1-2H3/b15-7-. The first kappa shape index (κ1) is 15.8. The third-order valence-corrected chi connectivity index (χ3v) is 5.37. The van der Waals surface area contributed by atoms with Gasteiger partial charge in [0, 0.05) is 24.0 Å². The zero-order chi connectivity index (χ0) is 17.6. The predicted octanol–water partition coefficient (Wildman–Crippen LogP) is 0.974. The second kappa shape index (κ2) is 5.96. The lowest BCUT2D eigenvalue weighted by atomic mass is 10.2. The molecule has 0 unspecified atom stereocenters. The molecule has 3 heterocycles. The summed E-state index contributed by atoms with van der Waals surface area (Å²) in [5.41, 5.74) is 2.69. The Kier molecular flexibility index (Phi) is 3.76. The largest absolute Gasteiger partial charge is 0.334 e. The molecule has 6 nitrogen and oxygen atoms in total. The zero-order valence-electron chi connectivity index (χ0n) is 13.8. The summed E-state index contributed by atoms with van der Waals surface area (Å²) in [6.45, 7) is 2.81. The van der Waals surface area contributed by atoms with Crippen LogP contribution in [0.5, 0.6) is 0 Å². The quantitative estimate of drug-likeness (QED) is 0.687. The summed E-state index contributed by atoms with van der Waals surface area (Å²) in [6, 6.07) is 6.20. The van der Waals surface area contributed by atoms with Gasteiger partial charge < -0.3 is 4.90 Å². The van der Waals surface area contributed by atoms with Gasteiger partial charge in [-0.05, 0) is 37.3 Å². The minimum atomic E-state index is -0.283. The number of aryl methyl sites for hydroxylation is 1. The highest BCUT2D eigenvalue weighted by atomic mass is 32.1. The smallest absolute Gasteiger partial charge is 0.271 e. The van der Waals surface area contributed by atoms with Crippen LogP contribution in [0.25, 0.3) is 6.08 Å². The van der Waals surface area contributed by atoms with Crippen molar-refractivity contribution in [2.75, 3.05) is 11.6 Å². The van der Waals surface area contributed by atoms with Crippen LogP contribution in [0.4, 0.5) is 10.1 Å². The number of fused-ring (bicyclic) bond motifs is 1. The van der Waals surface area contributed by atoms with Crippen LogP contribution in [0.3, 0.4) is 0 Å². The monoisotopic (exact) mass is 357 g/mol. The fraction of sp³-hybridized carbons (Fsp3) is 0.235. The van der Waals surface area contributed by atoms with E-state index in [0.29, 0.717) is 22.7 Å². The summed E-state index contributed by atoms with van der Waals surface area (Å²) in [5.74, 6) is -0.283. The molecule has 0 N–H and O–H groups in total. The molecule has 0 atom stereocenters. The molecule has 128 valence electrons. The van der Waals surface area contributed by atoms with Gasteiger partial charge in [-0.1, -0.05) is 11.3 Å². The van der Waals surface area contributed by atoms with E-state index in [0.717, 1.165) is 16.9 Å². The number of nitrogens with zero attached hydrogens (tertiary/aromatic N) is 5. The van der Waals surface area contributed by atoms with Crippen molar-refractivity contribution < 1.29 is 4.39 Å². The highest BCUT2D eigenvalue weighted by Crippen LogP contribution is 2.16. The number of hydrogen-bond donors (Lipinski definition) is 0. The lowest BCUT2D eigenvalue weighted by Gasteiger charge is -2.25. The molecule has 0 saturated heterocycles. The minimum absolute atomic E-state index is 0.0705. The Hall–Kier alpha value is -2.74. The van der Waals surface area contributed by atoms with Gasteiger partial charge in [-0.3, -0.25) is 14.0 Å². The first-order chi connectivity index (χ1) is 12.0. The first-order valence-corrected chi connectivity index (χ1v) is 8.59. The summed E-state index contributed by atoms with van der Waals surface area (Å²) < 4.78 is 17.2. The number of thiazole rings is 1. The zero-order valence-corrected chi connectivity index (χ0v) is 14.6. The SMILES string of the molecule is Cc1c(/C=c2\sc3n(c2=O)CN(c2ccc(F)cc2)CN=3)cnn1C. The Bertz CT molecular complexity index is 1110. The Morgan fingerprint density at radius 3 is 2.72 bits per heavy atom. The van der Waals surface area contributed by atoms with Gasteiger partial charge in [0.05, 0.1) is 10.7 Å². The maximum atomic E-state index is 13.1. The summed E-state index contributed by atoms with van der Waals surface area (Å²) in [7, 11) is 1.87. The topological polar surface area (TPSA) is 55.4 Å². The van der Waals surface area contributed by atoms with Crippen LogP contribution in [0.2, 0.25) is 0 Å². The summed E-state index contributed by atoms with van der Waals surface area (Å²) >= 11 is 1.38. The molecule has 1 aliphatic heterocycles. The van der Waals surface area contributed by atoms with Gasteiger partial charge >= 0.3 is 0 Å². The molecule has 0 saturated carbocycles. The number of rotatable bonds is 2. The van der Waals surface area contributed by atoms with Crippen LogP contribution in [0.1, 0.15) is 11.3 Å². The van der Waals surface area contributed by atoms with Crippen LogP contribution in [0.15, 0.2) is 40.2 Å². The molecule has 4 rings (SSSR count). The molecule has 1 aromatic carbocycles. The number of benzene rings is 1. The normalized spacial score (nSPS) is 14.5. The van der Waals surface area contributed by atoms with E-state index in [1.54, 1.807) is 27.6 Å². The molecule has 0 spiro atoms. The molecule has 0 amide bonds. The maximum Gasteiger partial charge on any atom is 0.271 e. The van der Waals surface area contributed by atoms with Crippen LogP contribution < -0.4 is 19.8 Å². The Morgan fingerprint density at radius 1 is 1.28 bits per heavy atom. The Balaban J connectivity index is 1.73. The van der Waals surface area contributed by atoms with E-state index in [1.807, 2.05) is 24.9 Å². The molecule has 0 aliphatic carbocycles.